The third-order valence-electron chi connectivity index (χ3n) is 3.22. The van der Waals surface area contributed by atoms with Crippen molar-refractivity contribution in [2.24, 2.45) is 5.92 Å². The molecule has 1 aliphatic rings. The van der Waals surface area contributed by atoms with E-state index < -0.39 is 0 Å². The fourth-order valence-corrected chi connectivity index (χ4v) is 2.67. The van der Waals surface area contributed by atoms with E-state index in [2.05, 4.69) is 12.2 Å². The molecular weight excluding hydrogens is 258 g/mol. The van der Waals surface area contributed by atoms with Gasteiger partial charge in [-0.2, -0.15) is 0 Å². The topological polar surface area (TPSA) is 38.3 Å². The third kappa shape index (κ3) is 4.78. The van der Waals surface area contributed by atoms with E-state index in [4.69, 9.17) is 4.74 Å². The molecule has 1 saturated carbocycles. The molecule has 1 N–H and O–H groups in total. The van der Waals surface area contributed by atoms with Crippen LogP contribution in [0.25, 0.3) is 0 Å². The molecule has 1 aromatic carbocycles. The summed E-state index contributed by atoms with van der Waals surface area (Å²) in [5.41, 5.74) is 0. The van der Waals surface area contributed by atoms with Gasteiger partial charge in [-0.25, -0.2) is 0 Å². The van der Waals surface area contributed by atoms with Crippen LogP contribution in [0.15, 0.2) is 29.2 Å². The first-order valence-corrected chi connectivity index (χ1v) is 7.82. The van der Waals surface area contributed by atoms with Gasteiger partial charge < -0.3 is 10.1 Å². The molecular formula is C15H21NO2S. The van der Waals surface area contributed by atoms with E-state index in [0.29, 0.717) is 24.3 Å². The number of rotatable bonds is 7. The molecule has 1 fully saturated rings. The third-order valence-corrected chi connectivity index (χ3v) is 4.23. The zero-order valence-electron chi connectivity index (χ0n) is 11.5. The number of thioether (sulfide) groups is 1. The standard InChI is InChI=1S/C15H21NO2S/c1-3-18-13-6-8-14(9-7-13)19-10-15(17)16-11(2)12-4-5-12/h6-9,11-12H,3-5,10H2,1-2H3,(H,16,17). The van der Waals surface area contributed by atoms with Gasteiger partial charge in [-0.3, -0.25) is 4.79 Å². The lowest BCUT2D eigenvalue weighted by atomic mass is 10.2. The number of carbonyl (C=O) groups excluding carboxylic acids is 1. The highest BCUT2D eigenvalue weighted by Crippen LogP contribution is 2.32. The van der Waals surface area contributed by atoms with Crippen LogP contribution in [0, 0.1) is 5.92 Å². The van der Waals surface area contributed by atoms with E-state index in [1.165, 1.54) is 12.8 Å². The smallest absolute Gasteiger partial charge is 0.230 e. The number of hydrogen-bond acceptors (Lipinski definition) is 3. The van der Waals surface area contributed by atoms with Crippen LogP contribution in [0.4, 0.5) is 0 Å². The van der Waals surface area contributed by atoms with E-state index >= 15 is 0 Å². The molecule has 19 heavy (non-hydrogen) atoms. The Hall–Kier alpha value is -1.16. The van der Waals surface area contributed by atoms with Crippen LogP contribution in [0.3, 0.4) is 0 Å². The monoisotopic (exact) mass is 279 g/mol. The van der Waals surface area contributed by atoms with Crippen molar-refractivity contribution in [2.45, 2.75) is 37.6 Å². The molecule has 1 unspecified atom stereocenters. The van der Waals surface area contributed by atoms with Gasteiger partial charge in [0.05, 0.1) is 12.4 Å². The normalized spacial score (nSPS) is 15.9. The zero-order chi connectivity index (χ0) is 13.7. The Balaban J connectivity index is 1.73. The summed E-state index contributed by atoms with van der Waals surface area (Å²) in [6.07, 6.45) is 2.51. The van der Waals surface area contributed by atoms with Gasteiger partial charge in [-0.1, -0.05) is 0 Å². The lowest BCUT2D eigenvalue weighted by molar-refractivity contribution is -0.119. The second-order valence-electron chi connectivity index (χ2n) is 4.89. The van der Waals surface area contributed by atoms with Crippen LogP contribution in [0.5, 0.6) is 5.75 Å². The second-order valence-corrected chi connectivity index (χ2v) is 5.94. The summed E-state index contributed by atoms with van der Waals surface area (Å²) >= 11 is 1.56. The molecule has 104 valence electrons. The quantitative estimate of drug-likeness (QED) is 0.779. The summed E-state index contributed by atoms with van der Waals surface area (Å²) in [4.78, 5) is 12.9. The predicted molar refractivity (Wildman–Crippen MR) is 78.7 cm³/mol. The molecule has 0 aromatic heterocycles. The highest BCUT2D eigenvalue weighted by Gasteiger charge is 2.28. The Labute approximate surface area is 119 Å². The molecule has 0 saturated heterocycles. The van der Waals surface area contributed by atoms with Crippen molar-refractivity contribution in [3.05, 3.63) is 24.3 Å². The van der Waals surface area contributed by atoms with Crippen LogP contribution in [0.2, 0.25) is 0 Å². The van der Waals surface area contributed by atoms with Crippen molar-refractivity contribution < 1.29 is 9.53 Å². The largest absolute Gasteiger partial charge is 0.494 e. The first kappa shape index (κ1) is 14.3. The first-order valence-electron chi connectivity index (χ1n) is 6.84. The van der Waals surface area contributed by atoms with Crippen molar-refractivity contribution in [3.8, 4) is 5.75 Å². The van der Waals surface area contributed by atoms with Crippen molar-refractivity contribution in [1.29, 1.82) is 0 Å². The number of ether oxygens (including phenoxy) is 1. The Morgan fingerprint density at radius 2 is 2.11 bits per heavy atom. The lowest BCUT2D eigenvalue weighted by Crippen LogP contribution is -2.35. The average molecular weight is 279 g/mol. The summed E-state index contributed by atoms with van der Waals surface area (Å²) in [6, 6.07) is 8.20. The van der Waals surface area contributed by atoms with Crippen LogP contribution < -0.4 is 10.1 Å². The Bertz CT molecular complexity index is 415. The maximum absolute atomic E-state index is 11.8. The molecule has 1 aliphatic carbocycles. The molecule has 0 bridgehead atoms. The van der Waals surface area contributed by atoms with Gasteiger partial charge in [0.15, 0.2) is 0 Å². The Kier molecular flexibility index (Phi) is 5.14. The van der Waals surface area contributed by atoms with Crippen molar-refractivity contribution >= 4 is 17.7 Å². The number of carbonyl (C=O) groups is 1. The van der Waals surface area contributed by atoms with Gasteiger partial charge >= 0.3 is 0 Å². The summed E-state index contributed by atoms with van der Waals surface area (Å²) in [5.74, 6) is 2.18. The van der Waals surface area contributed by atoms with Gasteiger partial charge in [-0.15, -0.1) is 11.8 Å². The molecule has 3 nitrogen and oxygen atoms in total. The molecule has 0 radical (unpaired) electrons. The van der Waals surface area contributed by atoms with Gasteiger partial charge in [0.1, 0.15) is 5.75 Å². The molecule has 2 rings (SSSR count). The number of amides is 1. The predicted octanol–water partition coefficient (Wildman–Crippen LogP) is 3.09. The second kappa shape index (κ2) is 6.85. The van der Waals surface area contributed by atoms with Crippen LogP contribution in [-0.2, 0) is 4.79 Å². The van der Waals surface area contributed by atoms with E-state index in [1.54, 1.807) is 11.8 Å². The van der Waals surface area contributed by atoms with Crippen molar-refractivity contribution in [2.75, 3.05) is 12.4 Å². The van der Waals surface area contributed by atoms with Crippen molar-refractivity contribution in [1.82, 2.24) is 5.32 Å². The fourth-order valence-electron chi connectivity index (χ4n) is 1.96. The average Bonchev–Trinajstić information content (AvgIpc) is 3.22. The minimum atomic E-state index is 0.123. The molecule has 1 aromatic rings. The summed E-state index contributed by atoms with van der Waals surface area (Å²) in [5, 5.41) is 3.06. The van der Waals surface area contributed by atoms with Gasteiger partial charge in [0, 0.05) is 10.9 Å². The molecule has 1 amide bonds. The zero-order valence-corrected chi connectivity index (χ0v) is 12.3. The minimum absolute atomic E-state index is 0.123. The van der Waals surface area contributed by atoms with Gasteiger partial charge in [0.25, 0.3) is 0 Å². The first-order chi connectivity index (χ1) is 9.19. The van der Waals surface area contributed by atoms with E-state index in [0.717, 1.165) is 10.6 Å². The molecule has 0 aliphatic heterocycles. The maximum Gasteiger partial charge on any atom is 0.230 e. The Morgan fingerprint density at radius 1 is 1.42 bits per heavy atom. The summed E-state index contributed by atoms with van der Waals surface area (Å²) < 4.78 is 5.38. The number of benzene rings is 1. The summed E-state index contributed by atoms with van der Waals surface area (Å²) in [7, 11) is 0. The van der Waals surface area contributed by atoms with E-state index in [1.807, 2.05) is 31.2 Å². The van der Waals surface area contributed by atoms with Gasteiger partial charge in [-0.05, 0) is 56.9 Å². The van der Waals surface area contributed by atoms with E-state index in [9.17, 15) is 4.79 Å². The SMILES string of the molecule is CCOc1ccc(SCC(=O)NC(C)C2CC2)cc1. The van der Waals surface area contributed by atoms with Gasteiger partial charge in [0.2, 0.25) is 5.91 Å². The lowest BCUT2D eigenvalue weighted by Gasteiger charge is -2.12. The van der Waals surface area contributed by atoms with E-state index in [-0.39, 0.29) is 5.91 Å². The maximum atomic E-state index is 11.8. The minimum Gasteiger partial charge on any atom is -0.494 e. The molecule has 1 atom stereocenters. The highest BCUT2D eigenvalue weighted by molar-refractivity contribution is 8.00. The van der Waals surface area contributed by atoms with Crippen LogP contribution >= 0.6 is 11.8 Å². The number of nitrogens with one attached hydrogen (secondary N) is 1. The highest BCUT2D eigenvalue weighted by atomic mass is 32.2. The fraction of sp³-hybridized carbons (Fsp3) is 0.533. The van der Waals surface area contributed by atoms with Crippen molar-refractivity contribution in [3.63, 3.8) is 0 Å². The Morgan fingerprint density at radius 3 is 2.68 bits per heavy atom. The molecule has 0 heterocycles. The summed E-state index contributed by atoms with van der Waals surface area (Å²) in [6.45, 7) is 4.74. The van der Waals surface area contributed by atoms with Crippen LogP contribution in [-0.4, -0.2) is 24.3 Å². The van der Waals surface area contributed by atoms with Crippen LogP contribution in [0.1, 0.15) is 26.7 Å². The molecule has 4 heteroatoms. The molecule has 0 spiro atoms. The number of hydrogen-bond donors (Lipinski definition) is 1.